The van der Waals surface area contributed by atoms with Gasteiger partial charge in [0.25, 0.3) is 5.56 Å². The Kier molecular flexibility index (Phi) is 3.28. The van der Waals surface area contributed by atoms with Crippen molar-refractivity contribution in [2.75, 3.05) is 0 Å². The highest BCUT2D eigenvalue weighted by Gasteiger charge is 2.30. The van der Waals surface area contributed by atoms with Crippen LogP contribution in [0.25, 0.3) is 0 Å². The fraction of sp³-hybridized carbons (Fsp3) is 0.167. The molecule has 100 valence electrons. The number of nitrogens with one attached hydrogen (secondary N) is 2. The van der Waals surface area contributed by atoms with Crippen molar-refractivity contribution in [2.24, 2.45) is 4.99 Å². The van der Waals surface area contributed by atoms with Gasteiger partial charge in [-0.3, -0.25) is 14.9 Å². The molecule has 2 N–H and O–H groups in total. The van der Waals surface area contributed by atoms with Crippen LogP contribution in [-0.4, -0.2) is 16.4 Å². The number of hydrogen-bond donors (Lipinski definition) is 2. The molecule has 0 fully saturated rings. The second-order valence-corrected chi connectivity index (χ2v) is 3.92. The monoisotopic (exact) mass is 269 g/mol. The van der Waals surface area contributed by atoms with Crippen LogP contribution >= 0.6 is 0 Å². The molecule has 7 heteroatoms. The summed E-state index contributed by atoms with van der Waals surface area (Å²) in [4.78, 5) is 15.2. The van der Waals surface area contributed by atoms with Crippen molar-refractivity contribution in [3.05, 3.63) is 51.4 Å². The van der Waals surface area contributed by atoms with Crippen LogP contribution in [0.1, 0.15) is 16.8 Å². The lowest BCUT2D eigenvalue weighted by Gasteiger charge is -2.06. The summed E-state index contributed by atoms with van der Waals surface area (Å²) in [6.45, 7) is 1.66. The Bertz CT molecular complexity index is 667. The normalized spacial score (nSPS) is 12.2. The third kappa shape index (κ3) is 2.93. The van der Waals surface area contributed by atoms with Crippen LogP contribution in [-0.2, 0) is 6.18 Å². The average Bonchev–Trinajstić information content (AvgIpc) is 2.66. The van der Waals surface area contributed by atoms with Crippen LogP contribution in [0.15, 0.2) is 34.1 Å². The second-order valence-electron chi connectivity index (χ2n) is 3.92. The largest absolute Gasteiger partial charge is 0.416 e. The molecule has 0 aliphatic heterocycles. The third-order valence-corrected chi connectivity index (χ3v) is 2.53. The zero-order valence-corrected chi connectivity index (χ0v) is 9.88. The molecule has 0 amide bonds. The van der Waals surface area contributed by atoms with Gasteiger partial charge in [0.1, 0.15) is 0 Å². The Morgan fingerprint density at radius 1 is 1.26 bits per heavy atom. The van der Waals surface area contributed by atoms with Gasteiger partial charge < -0.3 is 5.10 Å². The first kappa shape index (κ1) is 13.1. The molecule has 0 radical (unpaired) electrons. The summed E-state index contributed by atoms with van der Waals surface area (Å²) in [5, 5.41) is 4.96. The van der Waals surface area contributed by atoms with E-state index in [4.69, 9.17) is 0 Å². The topological polar surface area (TPSA) is 61.0 Å². The van der Waals surface area contributed by atoms with Gasteiger partial charge in [-0.1, -0.05) is 6.07 Å². The Hall–Kier alpha value is -2.31. The van der Waals surface area contributed by atoms with Gasteiger partial charge in [0.2, 0.25) is 0 Å². The number of halogens is 3. The highest BCUT2D eigenvalue weighted by Crippen LogP contribution is 2.31. The molecule has 0 spiro atoms. The Morgan fingerprint density at radius 2 is 2.00 bits per heavy atom. The van der Waals surface area contributed by atoms with Crippen molar-refractivity contribution in [2.45, 2.75) is 13.1 Å². The van der Waals surface area contributed by atoms with E-state index in [1.54, 1.807) is 6.92 Å². The summed E-state index contributed by atoms with van der Waals surface area (Å²) in [5.74, 6) is 0. The number of alkyl halides is 3. The van der Waals surface area contributed by atoms with Gasteiger partial charge in [-0.2, -0.15) is 13.2 Å². The van der Waals surface area contributed by atoms with E-state index in [0.29, 0.717) is 5.69 Å². The van der Waals surface area contributed by atoms with E-state index in [-0.39, 0.29) is 16.8 Å². The molecular weight excluding hydrogens is 259 g/mol. The smallest absolute Gasteiger partial charge is 0.302 e. The maximum absolute atomic E-state index is 12.5. The zero-order chi connectivity index (χ0) is 14.0. The molecule has 2 aromatic rings. The van der Waals surface area contributed by atoms with Gasteiger partial charge >= 0.3 is 6.18 Å². The molecule has 0 bridgehead atoms. The SMILES string of the molecule is Cc1[nH][nH]c(=O)c1C=Nc1cccc(C(F)(F)F)c1. The van der Waals surface area contributed by atoms with E-state index in [1.807, 2.05) is 0 Å². The number of aryl methyl sites for hydroxylation is 1. The number of aliphatic imine (C=N–C) groups is 1. The first-order chi connectivity index (χ1) is 8.88. The molecule has 0 saturated carbocycles. The van der Waals surface area contributed by atoms with Crippen molar-refractivity contribution >= 4 is 11.9 Å². The molecule has 19 heavy (non-hydrogen) atoms. The van der Waals surface area contributed by atoms with Crippen LogP contribution in [0.4, 0.5) is 18.9 Å². The lowest BCUT2D eigenvalue weighted by Crippen LogP contribution is -2.05. The van der Waals surface area contributed by atoms with Crippen molar-refractivity contribution < 1.29 is 13.2 Å². The standard InChI is InChI=1S/C12H10F3N3O/c1-7-10(11(19)18-17-7)6-16-9-4-2-3-8(5-9)12(13,14)15/h2-6H,1H3,(H2,17,18,19). The van der Waals surface area contributed by atoms with E-state index in [9.17, 15) is 18.0 Å². The van der Waals surface area contributed by atoms with Crippen LogP contribution < -0.4 is 5.56 Å². The summed E-state index contributed by atoms with van der Waals surface area (Å²) >= 11 is 0. The molecule has 0 saturated heterocycles. The van der Waals surface area contributed by atoms with Crippen molar-refractivity contribution in [3.63, 3.8) is 0 Å². The Morgan fingerprint density at radius 3 is 2.58 bits per heavy atom. The van der Waals surface area contributed by atoms with Gasteiger partial charge in [0, 0.05) is 11.9 Å². The molecule has 0 atom stereocenters. The first-order valence-corrected chi connectivity index (χ1v) is 5.36. The lowest BCUT2D eigenvalue weighted by atomic mass is 10.2. The number of aromatic amines is 2. The van der Waals surface area contributed by atoms with E-state index < -0.39 is 11.7 Å². The molecule has 1 heterocycles. The van der Waals surface area contributed by atoms with Gasteiger partial charge in [-0.05, 0) is 25.1 Å². The maximum atomic E-state index is 12.5. The minimum absolute atomic E-state index is 0.134. The Labute approximate surface area is 106 Å². The van der Waals surface area contributed by atoms with Crippen LogP contribution in [0.3, 0.4) is 0 Å². The summed E-state index contributed by atoms with van der Waals surface area (Å²) < 4.78 is 37.5. The summed E-state index contributed by atoms with van der Waals surface area (Å²) in [7, 11) is 0. The molecule has 0 unspecified atom stereocenters. The number of hydrogen-bond acceptors (Lipinski definition) is 2. The fourth-order valence-corrected chi connectivity index (χ4v) is 1.51. The zero-order valence-electron chi connectivity index (χ0n) is 9.88. The molecule has 2 rings (SSSR count). The van der Waals surface area contributed by atoms with Crippen molar-refractivity contribution in [3.8, 4) is 0 Å². The highest BCUT2D eigenvalue weighted by atomic mass is 19.4. The summed E-state index contributed by atoms with van der Waals surface area (Å²) in [6, 6.07) is 4.59. The number of H-pyrrole nitrogens is 2. The first-order valence-electron chi connectivity index (χ1n) is 5.36. The van der Waals surface area contributed by atoms with E-state index >= 15 is 0 Å². The minimum atomic E-state index is -4.41. The van der Waals surface area contributed by atoms with Gasteiger partial charge in [0.05, 0.1) is 16.8 Å². The average molecular weight is 269 g/mol. The molecular formula is C12H10F3N3O. The number of benzene rings is 1. The van der Waals surface area contributed by atoms with Gasteiger partial charge in [-0.25, -0.2) is 0 Å². The summed E-state index contributed by atoms with van der Waals surface area (Å²) in [6.07, 6.45) is -3.17. The number of rotatable bonds is 2. The molecule has 1 aromatic carbocycles. The molecule has 0 aliphatic carbocycles. The van der Waals surface area contributed by atoms with Crippen molar-refractivity contribution in [1.82, 2.24) is 10.2 Å². The lowest BCUT2D eigenvalue weighted by molar-refractivity contribution is -0.137. The maximum Gasteiger partial charge on any atom is 0.416 e. The predicted octanol–water partition coefficient (Wildman–Crippen LogP) is 2.78. The number of nitrogens with zero attached hydrogens (tertiary/aromatic N) is 1. The number of aromatic nitrogens is 2. The van der Waals surface area contributed by atoms with Crippen LogP contribution in [0.2, 0.25) is 0 Å². The minimum Gasteiger partial charge on any atom is -0.302 e. The van der Waals surface area contributed by atoms with E-state index in [0.717, 1.165) is 12.1 Å². The van der Waals surface area contributed by atoms with Crippen LogP contribution in [0, 0.1) is 6.92 Å². The van der Waals surface area contributed by atoms with Gasteiger partial charge in [0.15, 0.2) is 0 Å². The molecule has 0 aliphatic rings. The second kappa shape index (κ2) is 4.75. The summed E-state index contributed by atoms with van der Waals surface area (Å²) in [5.41, 5.74) is -0.150. The molecule has 1 aromatic heterocycles. The fourth-order valence-electron chi connectivity index (χ4n) is 1.51. The highest BCUT2D eigenvalue weighted by molar-refractivity contribution is 5.82. The molecule has 4 nitrogen and oxygen atoms in total. The van der Waals surface area contributed by atoms with Crippen molar-refractivity contribution in [1.29, 1.82) is 0 Å². The van der Waals surface area contributed by atoms with Crippen LogP contribution in [0.5, 0.6) is 0 Å². The van der Waals surface area contributed by atoms with Gasteiger partial charge in [-0.15, -0.1) is 0 Å². The third-order valence-electron chi connectivity index (χ3n) is 2.53. The van der Waals surface area contributed by atoms with E-state index in [2.05, 4.69) is 15.2 Å². The predicted molar refractivity (Wildman–Crippen MR) is 64.8 cm³/mol. The quantitative estimate of drug-likeness (QED) is 0.809. The van der Waals surface area contributed by atoms with E-state index in [1.165, 1.54) is 18.3 Å². The Balaban J connectivity index is 2.32.